The van der Waals surface area contributed by atoms with Gasteiger partial charge in [-0.05, 0) is 45.3 Å². The van der Waals surface area contributed by atoms with Crippen molar-refractivity contribution in [1.29, 1.82) is 0 Å². The SMILES string of the molecule is Cc1ccc(C2=CN(CC(C)(C)O)C(C)CC=C2)cc1. The van der Waals surface area contributed by atoms with Gasteiger partial charge >= 0.3 is 0 Å². The van der Waals surface area contributed by atoms with Crippen molar-refractivity contribution in [3.8, 4) is 0 Å². The zero-order valence-electron chi connectivity index (χ0n) is 12.9. The Kier molecular flexibility index (Phi) is 4.34. The summed E-state index contributed by atoms with van der Waals surface area (Å²) in [7, 11) is 0. The molecule has 2 nitrogen and oxygen atoms in total. The first kappa shape index (κ1) is 14.9. The quantitative estimate of drug-likeness (QED) is 0.905. The molecule has 0 saturated carbocycles. The molecule has 0 amide bonds. The lowest BCUT2D eigenvalue weighted by atomic mass is 10.0. The minimum absolute atomic E-state index is 0.403. The molecule has 2 rings (SSSR count). The number of hydrogen-bond donors (Lipinski definition) is 1. The lowest BCUT2D eigenvalue weighted by Gasteiger charge is -2.32. The first-order chi connectivity index (χ1) is 9.35. The van der Waals surface area contributed by atoms with Crippen LogP contribution in [-0.2, 0) is 0 Å². The zero-order valence-corrected chi connectivity index (χ0v) is 12.9. The molecule has 1 N–H and O–H groups in total. The minimum Gasteiger partial charge on any atom is -0.389 e. The Morgan fingerprint density at radius 2 is 1.90 bits per heavy atom. The van der Waals surface area contributed by atoms with E-state index in [2.05, 4.69) is 61.4 Å². The molecule has 1 heterocycles. The van der Waals surface area contributed by atoms with Crippen LogP contribution >= 0.6 is 0 Å². The number of nitrogens with zero attached hydrogens (tertiary/aromatic N) is 1. The van der Waals surface area contributed by atoms with E-state index in [1.165, 1.54) is 16.7 Å². The largest absolute Gasteiger partial charge is 0.389 e. The second kappa shape index (κ2) is 5.84. The van der Waals surface area contributed by atoms with Gasteiger partial charge < -0.3 is 10.0 Å². The Balaban J connectivity index is 2.29. The van der Waals surface area contributed by atoms with Gasteiger partial charge in [0, 0.05) is 18.8 Å². The summed E-state index contributed by atoms with van der Waals surface area (Å²) in [5.74, 6) is 0. The summed E-state index contributed by atoms with van der Waals surface area (Å²) in [5, 5.41) is 10.1. The molecule has 2 heteroatoms. The van der Waals surface area contributed by atoms with Crippen LogP contribution in [-0.4, -0.2) is 28.2 Å². The Labute approximate surface area is 122 Å². The molecule has 0 saturated heterocycles. The number of rotatable bonds is 3. The highest BCUT2D eigenvalue weighted by molar-refractivity contribution is 5.74. The first-order valence-corrected chi connectivity index (χ1v) is 7.29. The summed E-state index contributed by atoms with van der Waals surface area (Å²) in [4.78, 5) is 2.25. The molecule has 108 valence electrons. The van der Waals surface area contributed by atoms with E-state index in [-0.39, 0.29) is 0 Å². The number of aliphatic hydroxyl groups is 1. The third-order valence-electron chi connectivity index (χ3n) is 3.60. The van der Waals surface area contributed by atoms with E-state index >= 15 is 0 Å². The van der Waals surface area contributed by atoms with Gasteiger partial charge in [-0.25, -0.2) is 0 Å². The molecule has 1 atom stereocenters. The molecular formula is C18H25NO. The van der Waals surface area contributed by atoms with Crippen molar-refractivity contribution >= 4 is 5.57 Å². The topological polar surface area (TPSA) is 23.5 Å². The molecule has 0 aromatic heterocycles. The van der Waals surface area contributed by atoms with E-state index in [4.69, 9.17) is 0 Å². The van der Waals surface area contributed by atoms with Gasteiger partial charge in [0.05, 0.1) is 5.60 Å². The van der Waals surface area contributed by atoms with E-state index in [1.807, 2.05) is 13.8 Å². The monoisotopic (exact) mass is 271 g/mol. The van der Waals surface area contributed by atoms with Crippen LogP contribution in [0.4, 0.5) is 0 Å². The fourth-order valence-electron chi connectivity index (χ4n) is 2.44. The van der Waals surface area contributed by atoms with Crippen LogP contribution in [0.5, 0.6) is 0 Å². The van der Waals surface area contributed by atoms with Crippen molar-refractivity contribution in [2.45, 2.75) is 45.8 Å². The predicted octanol–water partition coefficient (Wildman–Crippen LogP) is 3.76. The minimum atomic E-state index is -0.687. The summed E-state index contributed by atoms with van der Waals surface area (Å²) in [6, 6.07) is 8.99. The summed E-state index contributed by atoms with van der Waals surface area (Å²) in [5.41, 5.74) is 3.02. The van der Waals surface area contributed by atoms with Gasteiger partial charge in [0.25, 0.3) is 0 Å². The molecule has 0 radical (unpaired) electrons. The summed E-state index contributed by atoms with van der Waals surface area (Å²) in [6.45, 7) is 8.66. The van der Waals surface area contributed by atoms with Crippen LogP contribution in [0, 0.1) is 6.92 Å². The molecule has 1 aromatic rings. The van der Waals surface area contributed by atoms with Crippen LogP contribution in [0.25, 0.3) is 5.57 Å². The fourth-order valence-corrected chi connectivity index (χ4v) is 2.44. The van der Waals surface area contributed by atoms with Gasteiger partial charge in [-0.1, -0.05) is 42.0 Å². The summed E-state index contributed by atoms with van der Waals surface area (Å²) < 4.78 is 0. The van der Waals surface area contributed by atoms with Crippen LogP contribution < -0.4 is 0 Å². The van der Waals surface area contributed by atoms with Gasteiger partial charge in [0.2, 0.25) is 0 Å². The van der Waals surface area contributed by atoms with Crippen LogP contribution in [0.1, 0.15) is 38.3 Å². The predicted molar refractivity (Wildman–Crippen MR) is 85.4 cm³/mol. The second-order valence-electron chi connectivity index (χ2n) is 6.42. The van der Waals surface area contributed by atoms with Crippen molar-refractivity contribution < 1.29 is 5.11 Å². The molecule has 20 heavy (non-hydrogen) atoms. The van der Waals surface area contributed by atoms with Gasteiger partial charge in [0.15, 0.2) is 0 Å². The highest BCUT2D eigenvalue weighted by Crippen LogP contribution is 2.24. The lowest BCUT2D eigenvalue weighted by molar-refractivity contribution is 0.0417. The Bertz CT molecular complexity index is 505. The standard InChI is InChI=1S/C18H25NO/c1-14-8-10-16(11-9-14)17-7-5-6-15(2)19(12-17)13-18(3,4)20/h5,7-12,15,20H,6,13H2,1-4H3. The Morgan fingerprint density at radius 3 is 2.50 bits per heavy atom. The number of allylic oxidation sites excluding steroid dienone is 2. The van der Waals surface area contributed by atoms with Crippen LogP contribution in [0.3, 0.4) is 0 Å². The summed E-state index contributed by atoms with van der Waals surface area (Å²) in [6.07, 6.45) is 7.59. The smallest absolute Gasteiger partial charge is 0.0765 e. The number of benzene rings is 1. The van der Waals surface area contributed by atoms with Crippen molar-refractivity contribution in [2.75, 3.05) is 6.54 Å². The highest BCUT2D eigenvalue weighted by atomic mass is 16.3. The molecule has 0 fully saturated rings. The van der Waals surface area contributed by atoms with Crippen LogP contribution in [0.15, 0.2) is 42.6 Å². The van der Waals surface area contributed by atoms with Gasteiger partial charge in [-0.3, -0.25) is 0 Å². The normalized spacial score (nSPS) is 19.8. The third kappa shape index (κ3) is 3.97. The third-order valence-corrected chi connectivity index (χ3v) is 3.60. The van der Waals surface area contributed by atoms with E-state index in [9.17, 15) is 5.11 Å². The average molecular weight is 271 g/mol. The van der Waals surface area contributed by atoms with E-state index in [0.29, 0.717) is 12.6 Å². The first-order valence-electron chi connectivity index (χ1n) is 7.29. The second-order valence-corrected chi connectivity index (χ2v) is 6.42. The van der Waals surface area contributed by atoms with Gasteiger partial charge in [-0.2, -0.15) is 0 Å². The summed E-state index contributed by atoms with van der Waals surface area (Å²) >= 11 is 0. The fraction of sp³-hybridized carbons (Fsp3) is 0.444. The maximum Gasteiger partial charge on any atom is 0.0765 e. The molecule has 1 aliphatic heterocycles. The molecule has 1 aromatic carbocycles. The van der Waals surface area contributed by atoms with Crippen molar-refractivity contribution in [1.82, 2.24) is 4.90 Å². The van der Waals surface area contributed by atoms with Crippen molar-refractivity contribution in [2.24, 2.45) is 0 Å². The number of β-amino-alcohol motifs (C(OH)–C–C–N with tert-alkyl or cyclic N) is 1. The van der Waals surface area contributed by atoms with Crippen LogP contribution in [0.2, 0.25) is 0 Å². The average Bonchev–Trinajstić information content (AvgIpc) is 2.51. The Hall–Kier alpha value is -1.54. The van der Waals surface area contributed by atoms with E-state index < -0.39 is 5.60 Å². The maximum atomic E-state index is 10.1. The van der Waals surface area contributed by atoms with Crippen molar-refractivity contribution in [3.05, 3.63) is 53.7 Å². The lowest BCUT2D eigenvalue weighted by Crippen LogP contribution is -2.40. The van der Waals surface area contributed by atoms with Gasteiger partial charge in [0.1, 0.15) is 0 Å². The molecular weight excluding hydrogens is 246 g/mol. The highest BCUT2D eigenvalue weighted by Gasteiger charge is 2.21. The maximum absolute atomic E-state index is 10.1. The molecule has 0 spiro atoms. The number of aryl methyl sites for hydroxylation is 1. The molecule has 0 aliphatic carbocycles. The molecule has 1 unspecified atom stereocenters. The van der Waals surface area contributed by atoms with Crippen molar-refractivity contribution in [3.63, 3.8) is 0 Å². The zero-order chi connectivity index (χ0) is 14.8. The molecule has 1 aliphatic rings. The number of hydrogen-bond acceptors (Lipinski definition) is 2. The molecule has 0 bridgehead atoms. The van der Waals surface area contributed by atoms with E-state index in [1.54, 1.807) is 0 Å². The van der Waals surface area contributed by atoms with E-state index in [0.717, 1.165) is 6.42 Å². The Morgan fingerprint density at radius 1 is 1.25 bits per heavy atom. The van der Waals surface area contributed by atoms with Gasteiger partial charge in [-0.15, -0.1) is 0 Å².